The molecule has 0 spiro atoms. The van der Waals surface area contributed by atoms with Crippen molar-refractivity contribution < 1.29 is 13.2 Å². The number of benzene rings is 3. The van der Waals surface area contributed by atoms with Gasteiger partial charge in [-0.25, -0.2) is 13.2 Å². The summed E-state index contributed by atoms with van der Waals surface area (Å²) in [6.45, 7) is 0. The highest BCUT2D eigenvalue weighted by Gasteiger charge is 2.23. The summed E-state index contributed by atoms with van der Waals surface area (Å²) in [7, 11) is 0. The first-order valence-electron chi connectivity index (χ1n) is 9.56. The fourth-order valence-electron chi connectivity index (χ4n) is 4.16. The largest absolute Gasteiger partial charge is 0.399 e. The molecule has 0 radical (unpaired) electrons. The van der Waals surface area contributed by atoms with Crippen molar-refractivity contribution in [1.82, 2.24) is 9.97 Å². The quantitative estimate of drug-likeness (QED) is 0.315. The normalized spacial score (nSPS) is 11.7. The van der Waals surface area contributed by atoms with Crippen LogP contribution in [0.25, 0.3) is 21.8 Å². The molecule has 0 atom stereocenters. The van der Waals surface area contributed by atoms with Gasteiger partial charge in [-0.3, -0.25) is 0 Å². The Balaban J connectivity index is 1.73. The van der Waals surface area contributed by atoms with E-state index in [1.165, 1.54) is 42.5 Å². The second kappa shape index (κ2) is 6.99. The molecular formula is C24H18F3N3. The van der Waals surface area contributed by atoms with E-state index in [0.29, 0.717) is 17.7 Å². The summed E-state index contributed by atoms with van der Waals surface area (Å²) in [4.78, 5) is 6.35. The van der Waals surface area contributed by atoms with Crippen molar-refractivity contribution in [2.45, 2.75) is 12.3 Å². The number of nitrogen functional groups attached to an aromatic ring is 1. The number of hydrogen-bond acceptors (Lipinski definition) is 1. The molecule has 0 amide bonds. The number of hydrogen-bond donors (Lipinski definition) is 3. The Morgan fingerprint density at radius 3 is 1.77 bits per heavy atom. The lowest BCUT2D eigenvalue weighted by atomic mass is 9.85. The zero-order chi connectivity index (χ0) is 20.8. The van der Waals surface area contributed by atoms with Crippen LogP contribution in [-0.4, -0.2) is 9.97 Å². The van der Waals surface area contributed by atoms with Gasteiger partial charge in [0.05, 0.1) is 0 Å². The van der Waals surface area contributed by atoms with Crippen LogP contribution in [0.1, 0.15) is 22.6 Å². The minimum atomic E-state index is -0.382. The molecule has 0 unspecified atom stereocenters. The topological polar surface area (TPSA) is 57.6 Å². The predicted molar refractivity (Wildman–Crippen MR) is 113 cm³/mol. The van der Waals surface area contributed by atoms with Gasteiger partial charge in [0.15, 0.2) is 0 Å². The summed E-state index contributed by atoms with van der Waals surface area (Å²) in [5.74, 6) is -1.39. The molecule has 0 aliphatic carbocycles. The molecule has 4 N–H and O–H groups in total. The molecule has 5 aromatic rings. The van der Waals surface area contributed by atoms with Crippen molar-refractivity contribution in [1.29, 1.82) is 0 Å². The van der Waals surface area contributed by atoms with Gasteiger partial charge in [-0.2, -0.15) is 0 Å². The number of H-pyrrole nitrogens is 2. The number of fused-ring (bicyclic) bond motifs is 2. The number of anilines is 1. The predicted octanol–water partition coefficient (Wildman–Crippen LogP) is 6.02. The van der Waals surface area contributed by atoms with E-state index in [2.05, 4.69) is 9.97 Å². The van der Waals surface area contributed by atoms with E-state index in [4.69, 9.17) is 5.73 Å². The highest BCUT2D eigenvalue weighted by molar-refractivity contribution is 5.88. The number of nitrogens with one attached hydrogen (secondary N) is 2. The molecule has 5 rings (SSSR count). The van der Waals surface area contributed by atoms with Gasteiger partial charge in [-0.05, 0) is 77.7 Å². The summed E-state index contributed by atoms with van der Waals surface area (Å²) >= 11 is 0. The average Bonchev–Trinajstić information content (AvgIpc) is 3.32. The second-order valence-electron chi connectivity index (χ2n) is 7.47. The lowest BCUT2D eigenvalue weighted by Gasteiger charge is -2.18. The van der Waals surface area contributed by atoms with E-state index in [0.717, 1.165) is 32.9 Å². The van der Waals surface area contributed by atoms with Crippen molar-refractivity contribution in [3.8, 4) is 0 Å². The second-order valence-corrected chi connectivity index (χ2v) is 7.47. The fourth-order valence-corrected chi connectivity index (χ4v) is 4.16. The molecule has 0 saturated heterocycles. The number of halogens is 3. The maximum atomic E-state index is 14.0. The number of aromatic amines is 2. The summed E-state index contributed by atoms with van der Waals surface area (Å²) in [5.41, 5.74) is 10.5. The molecule has 0 bridgehead atoms. The molecule has 3 aromatic carbocycles. The number of rotatable bonds is 4. The monoisotopic (exact) mass is 405 g/mol. The van der Waals surface area contributed by atoms with Crippen molar-refractivity contribution >= 4 is 27.5 Å². The Bertz CT molecular complexity index is 1300. The average molecular weight is 405 g/mol. The van der Waals surface area contributed by atoms with Crippen molar-refractivity contribution in [3.63, 3.8) is 0 Å². The van der Waals surface area contributed by atoms with Gasteiger partial charge in [0.2, 0.25) is 0 Å². The van der Waals surface area contributed by atoms with Crippen LogP contribution in [0.2, 0.25) is 0 Å². The molecule has 2 heterocycles. The minimum absolute atomic E-state index is 0.305. The number of nitrogens with two attached hydrogens (primary N) is 1. The molecule has 2 aromatic heterocycles. The number of aromatic nitrogens is 2. The van der Waals surface area contributed by atoms with Gasteiger partial charge in [-0.1, -0.05) is 0 Å². The van der Waals surface area contributed by atoms with E-state index in [1.54, 1.807) is 12.1 Å². The van der Waals surface area contributed by atoms with E-state index >= 15 is 0 Å². The van der Waals surface area contributed by atoms with Gasteiger partial charge in [0.1, 0.15) is 17.5 Å². The van der Waals surface area contributed by atoms with E-state index in [9.17, 15) is 13.2 Å². The first-order chi connectivity index (χ1) is 14.5. The lowest BCUT2D eigenvalue weighted by molar-refractivity contribution is 0.624. The van der Waals surface area contributed by atoms with Crippen molar-refractivity contribution in [2.24, 2.45) is 0 Å². The van der Waals surface area contributed by atoms with Gasteiger partial charge in [0, 0.05) is 45.8 Å². The van der Waals surface area contributed by atoms with E-state index in [-0.39, 0.29) is 23.4 Å². The molecule has 0 saturated carbocycles. The highest BCUT2D eigenvalue weighted by atomic mass is 19.1. The zero-order valence-electron chi connectivity index (χ0n) is 15.8. The highest BCUT2D eigenvalue weighted by Crippen LogP contribution is 2.38. The third-order valence-electron chi connectivity index (χ3n) is 5.63. The third-order valence-corrected chi connectivity index (χ3v) is 5.63. The summed E-state index contributed by atoms with van der Waals surface area (Å²) < 4.78 is 41.9. The Kier molecular flexibility index (Phi) is 4.28. The maximum absolute atomic E-state index is 14.0. The summed E-state index contributed by atoms with van der Waals surface area (Å²) in [6.07, 6.45) is 4.02. The molecular weight excluding hydrogens is 387 g/mol. The Hall–Kier alpha value is -3.67. The zero-order valence-corrected chi connectivity index (χ0v) is 15.8. The molecule has 0 aliphatic heterocycles. The fraction of sp³-hybridized carbons (Fsp3) is 0.0833. The van der Waals surface area contributed by atoms with Gasteiger partial charge >= 0.3 is 0 Å². The maximum Gasteiger partial charge on any atom is 0.123 e. The molecule has 0 aliphatic rings. The van der Waals surface area contributed by atoms with Crippen molar-refractivity contribution in [3.05, 3.63) is 101 Å². The van der Waals surface area contributed by atoms with Crippen LogP contribution in [0.3, 0.4) is 0 Å². The van der Waals surface area contributed by atoms with Gasteiger partial charge in [0.25, 0.3) is 0 Å². The first kappa shape index (κ1) is 18.4. The lowest BCUT2D eigenvalue weighted by Crippen LogP contribution is -2.07. The Morgan fingerprint density at radius 1 is 0.700 bits per heavy atom. The van der Waals surface area contributed by atoms with Crippen LogP contribution in [0.5, 0.6) is 0 Å². The minimum Gasteiger partial charge on any atom is -0.399 e. The first-order valence-corrected chi connectivity index (χ1v) is 9.56. The molecule has 6 heteroatoms. The molecule has 150 valence electrons. The van der Waals surface area contributed by atoms with Crippen molar-refractivity contribution in [2.75, 3.05) is 5.73 Å². The van der Waals surface area contributed by atoms with Gasteiger partial charge in [-0.15, -0.1) is 0 Å². The van der Waals surface area contributed by atoms with Crippen LogP contribution < -0.4 is 5.73 Å². The molecule has 30 heavy (non-hydrogen) atoms. The van der Waals surface area contributed by atoms with Crippen LogP contribution in [0.15, 0.2) is 67.0 Å². The van der Waals surface area contributed by atoms with Crippen LogP contribution in [0.4, 0.5) is 18.9 Å². The smallest absolute Gasteiger partial charge is 0.123 e. The van der Waals surface area contributed by atoms with Crippen LogP contribution in [-0.2, 0) is 6.42 Å². The van der Waals surface area contributed by atoms with Crippen LogP contribution in [0, 0.1) is 17.5 Å². The molecule has 3 nitrogen and oxygen atoms in total. The van der Waals surface area contributed by atoms with Crippen LogP contribution >= 0.6 is 0 Å². The Morgan fingerprint density at radius 2 is 1.20 bits per heavy atom. The third kappa shape index (κ3) is 3.10. The van der Waals surface area contributed by atoms with Gasteiger partial charge < -0.3 is 15.7 Å². The van der Waals surface area contributed by atoms with E-state index in [1.807, 2.05) is 12.4 Å². The Labute approximate surface area is 170 Å². The summed E-state index contributed by atoms with van der Waals surface area (Å²) in [6, 6.07) is 13.3. The standard InChI is InChI=1S/C24H18F3N3/c25-14-1-4-22(28)13(7-14)8-17(20-11-29-23-5-2-15(26)9-18(20)23)21-12-30-24-6-3-16(27)10-19(21)24/h1-7,9-12,17,29-30H,8,28H2. The summed E-state index contributed by atoms with van der Waals surface area (Å²) in [5, 5.41) is 1.45. The SMILES string of the molecule is Nc1ccc(F)cc1CC(c1c[nH]c2ccc(F)cc12)c1c[nH]c2ccc(F)cc12. The molecule has 0 fully saturated rings. The van der Waals surface area contributed by atoms with E-state index < -0.39 is 0 Å².